The maximum absolute atomic E-state index is 12.7. The number of benzene rings is 1. The average Bonchev–Trinajstić information content (AvgIpc) is 3.12. The molecule has 0 bridgehead atoms. The van der Waals surface area contributed by atoms with Crippen LogP contribution < -0.4 is 10.6 Å². The number of phenols is 1. The van der Waals surface area contributed by atoms with Crippen molar-refractivity contribution in [3.63, 3.8) is 0 Å². The number of nitrogens with zero attached hydrogens (tertiary/aromatic N) is 1. The Hall–Kier alpha value is -1.79. The minimum Gasteiger partial charge on any atom is -0.508 e. The van der Waals surface area contributed by atoms with Gasteiger partial charge in [-0.15, -0.1) is 0 Å². The van der Waals surface area contributed by atoms with E-state index >= 15 is 0 Å². The number of hydrogen-bond donors (Lipinski definition) is 3. The van der Waals surface area contributed by atoms with Crippen LogP contribution in [0.1, 0.15) is 55.7 Å². The van der Waals surface area contributed by atoms with Crippen LogP contribution in [0.25, 0.3) is 0 Å². The summed E-state index contributed by atoms with van der Waals surface area (Å²) >= 11 is 0. The maximum Gasteiger partial charge on any atom is 0.315 e. The molecule has 1 atom stereocenters. The molecule has 1 heterocycles. The lowest BCUT2D eigenvalue weighted by molar-refractivity contribution is 0.00781. The summed E-state index contributed by atoms with van der Waals surface area (Å²) in [6.07, 6.45) is 7.84. The van der Waals surface area contributed by atoms with Gasteiger partial charge in [-0.1, -0.05) is 31.4 Å². The Morgan fingerprint density at radius 1 is 1.21 bits per heavy atom. The van der Waals surface area contributed by atoms with Gasteiger partial charge in [0.1, 0.15) is 5.75 Å². The lowest BCUT2D eigenvalue weighted by atomic mass is 9.73. The lowest BCUT2D eigenvalue weighted by Gasteiger charge is -2.42. The summed E-state index contributed by atoms with van der Waals surface area (Å²) in [5, 5.41) is 16.3. The normalized spacial score (nSPS) is 24.5. The first-order valence-corrected chi connectivity index (χ1v) is 10.8. The summed E-state index contributed by atoms with van der Waals surface area (Å²) in [7, 11) is 0. The smallest absolute Gasteiger partial charge is 0.315 e. The summed E-state index contributed by atoms with van der Waals surface area (Å²) in [4.78, 5) is 15.2. The second-order valence-electron chi connectivity index (χ2n) is 8.71. The van der Waals surface area contributed by atoms with E-state index in [1.54, 1.807) is 6.07 Å². The van der Waals surface area contributed by atoms with Crippen LogP contribution in [0.15, 0.2) is 18.2 Å². The molecule has 1 unspecified atom stereocenters. The van der Waals surface area contributed by atoms with E-state index in [9.17, 15) is 9.90 Å². The molecule has 2 amide bonds. The summed E-state index contributed by atoms with van der Waals surface area (Å²) in [5.41, 5.74) is 2.21. The Labute approximate surface area is 167 Å². The zero-order chi connectivity index (χ0) is 19.4. The molecular formula is C22H33N3O3. The van der Waals surface area contributed by atoms with Gasteiger partial charge >= 0.3 is 6.03 Å². The highest BCUT2D eigenvalue weighted by atomic mass is 16.5. The Balaban J connectivity index is 1.34. The number of amides is 2. The molecule has 1 aliphatic heterocycles. The van der Waals surface area contributed by atoms with E-state index in [4.69, 9.17) is 4.74 Å². The monoisotopic (exact) mass is 387 g/mol. The van der Waals surface area contributed by atoms with Gasteiger partial charge in [0.15, 0.2) is 0 Å². The molecule has 0 radical (unpaired) electrons. The molecule has 0 spiro atoms. The van der Waals surface area contributed by atoms with Gasteiger partial charge in [0, 0.05) is 31.6 Å². The molecule has 1 saturated heterocycles. The first-order valence-electron chi connectivity index (χ1n) is 10.8. The van der Waals surface area contributed by atoms with Gasteiger partial charge in [-0.25, -0.2) is 4.79 Å². The third-order valence-electron chi connectivity index (χ3n) is 6.75. The first kappa shape index (κ1) is 19.5. The van der Waals surface area contributed by atoms with Gasteiger partial charge in [0.05, 0.1) is 19.3 Å². The number of hydrogen-bond acceptors (Lipinski definition) is 4. The number of urea groups is 1. The van der Waals surface area contributed by atoms with Gasteiger partial charge in [-0.2, -0.15) is 0 Å². The SMILES string of the molecule is O=C(NCC1(CN2CCOCC2)CCCCC1)NC1CCc2c(O)cccc21. The molecule has 2 fully saturated rings. The minimum atomic E-state index is -0.0897. The molecule has 3 N–H and O–H groups in total. The third-order valence-corrected chi connectivity index (χ3v) is 6.75. The van der Waals surface area contributed by atoms with Crippen molar-refractivity contribution in [3.8, 4) is 5.75 Å². The second-order valence-corrected chi connectivity index (χ2v) is 8.71. The summed E-state index contributed by atoms with van der Waals surface area (Å²) in [5.74, 6) is 0.342. The third kappa shape index (κ3) is 4.44. The number of rotatable bonds is 5. The number of carbonyl (C=O) groups excluding carboxylic acids is 1. The molecule has 2 aliphatic carbocycles. The van der Waals surface area contributed by atoms with Crippen molar-refractivity contribution < 1.29 is 14.6 Å². The fourth-order valence-electron chi connectivity index (χ4n) is 5.19. The number of nitrogens with one attached hydrogen (secondary N) is 2. The van der Waals surface area contributed by atoms with Crippen LogP contribution in [-0.4, -0.2) is 55.4 Å². The van der Waals surface area contributed by atoms with E-state index in [0.29, 0.717) is 5.75 Å². The molecular weight excluding hydrogens is 354 g/mol. The van der Waals surface area contributed by atoms with Crippen LogP contribution in [0, 0.1) is 5.41 Å². The molecule has 3 aliphatic rings. The fraction of sp³-hybridized carbons (Fsp3) is 0.682. The number of phenolic OH excluding ortho intramolecular Hbond substituents is 1. The molecule has 1 saturated carbocycles. The van der Waals surface area contributed by atoms with Crippen LogP contribution in [-0.2, 0) is 11.2 Å². The van der Waals surface area contributed by atoms with E-state index in [0.717, 1.165) is 63.4 Å². The highest BCUT2D eigenvalue weighted by molar-refractivity contribution is 5.74. The van der Waals surface area contributed by atoms with Crippen LogP contribution in [0.2, 0.25) is 0 Å². The van der Waals surface area contributed by atoms with Crippen LogP contribution in [0.4, 0.5) is 4.79 Å². The predicted octanol–water partition coefficient (Wildman–Crippen LogP) is 2.96. The number of aromatic hydroxyl groups is 1. The van der Waals surface area contributed by atoms with Crippen LogP contribution >= 0.6 is 0 Å². The molecule has 6 nitrogen and oxygen atoms in total. The minimum absolute atomic E-state index is 0.0105. The molecule has 0 aromatic heterocycles. The van der Waals surface area contributed by atoms with Crippen molar-refractivity contribution in [1.29, 1.82) is 0 Å². The average molecular weight is 388 g/mol. The summed E-state index contributed by atoms with van der Waals surface area (Å²) < 4.78 is 5.49. The number of ether oxygens (including phenoxy) is 1. The Bertz CT molecular complexity index is 682. The Morgan fingerprint density at radius 2 is 2.00 bits per heavy atom. The number of carbonyl (C=O) groups is 1. The topological polar surface area (TPSA) is 73.8 Å². The predicted molar refractivity (Wildman–Crippen MR) is 108 cm³/mol. The maximum atomic E-state index is 12.7. The standard InChI is InChI=1S/C22H33N3O3/c26-20-6-4-5-17-18(20)7-8-19(17)24-21(27)23-15-22(9-2-1-3-10-22)16-25-11-13-28-14-12-25/h4-6,19,26H,1-3,7-16H2,(H2,23,24,27). The van der Waals surface area contributed by atoms with E-state index < -0.39 is 0 Å². The first-order chi connectivity index (χ1) is 13.7. The Morgan fingerprint density at radius 3 is 2.79 bits per heavy atom. The van der Waals surface area contributed by atoms with Gasteiger partial charge < -0.3 is 20.5 Å². The fourth-order valence-corrected chi connectivity index (χ4v) is 5.19. The van der Waals surface area contributed by atoms with E-state index in [2.05, 4.69) is 15.5 Å². The van der Waals surface area contributed by atoms with Gasteiger partial charge in [-0.3, -0.25) is 4.90 Å². The van der Waals surface area contributed by atoms with Gasteiger partial charge in [-0.05, 0) is 42.9 Å². The van der Waals surface area contributed by atoms with Crippen molar-refractivity contribution in [2.45, 2.75) is 51.0 Å². The zero-order valence-corrected chi connectivity index (χ0v) is 16.7. The molecule has 4 rings (SSSR count). The molecule has 6 heteroatoms. The second kappa shape index (κ2) is 8.70. The molecule has 1 aromatic carbocycles. The van der Waals surface area contributed by atoms with Crippen LogP contribution in [0.5, 0.6) is 5.75 Å². The lowest BCUT2D eigenvalue weighted by Crippen LogP contribution is -2.51. The number of fused-ring (bicyclic) bond motifs is 1. The highest BCUT2D eigenvalue weighted by Gasteiger charge is 2.35. The van der Waals surface area contributed by atoms with Gasteiger partial charge in [0.25, 0.3) is 0 Å². The number of morpholine rings is 1. The van der Waals surface area contributed by atoms with Crippen molar-refractivity contribution in [2.75, 3.05) is 39.4 Å². The summed E-state index contributed by atoms with van der Waals surface area (Å²) in [6, 6.07) is 5.48. The van der Waals surface area contributed by atoms with Crippen molar-refractivity contribution in [3.05, 3.63) is 29.3 Å². The Kier molecular flexibility index (Phi) is 6.07. The zero-order valence-electron chi connectivity index (χ0n) is 16.7. The van der Waals surface area contributed by atoms with Crippen molar-refractivity contribution in [2.24, 2.45) is 5.41 Å². The van der Waals surface area contributed by atoms with E-state index in [1.807, 2.05) is 12.1 Å². The van der Waals surface area contributed by atoms with E-state index in [-0.39, 0.29) is 17.5 Å². The quantitative estimate of drug-likeness (QED) is 0.726. The highest BCUT2D eigenvalue weighted by Crippen LogP contribution is 2.38. The largest absolute Gasteiger partial charge is 0.508 e. The van der Waals surface area contributed by atoms with Crippen molar-refractivity contribution in [1.82, 2.24) is 15.5 Å². The molecule has 154 valence electrons. The molecule has 28 heavy (non-hydrogen) atoms. The molecule has 1 aromatic rings. The summed E-state index contributed by atoms with van der Waals surface area (Å²) in [6.45, 7) is 5.41. The van der Waals surface area contributed by atoms with E-state index in [1.165, 1.54) is 32.1 Å². The van der Waals surface area contributed by atoms with Crippen molar-refractivity contribution >= 4 is 6.03 Å². The van der Waals surface area contributed by atoms with Gasteiger partial charge in [0.2, 0.25) is 0 Å². The van der Waals surface area contributed by atoms with Crippen LogP contribution in [0.3, 0.4) is 0 Å².